The number of allylic oxidation sites excluding steroid dienone is 1. The van der Waals surface area contributed by atoms with Crippen LogP contribution in [0.1, 0.15) is 22.6 Å². The van der Waals surface area contributed by atoms with Crippen LogP contribution in [0.2, 0.25) is 0 Å². The van der Waals surface area contributed by atoms with Crippen LogP contribution in [0.25, 0.3) is 5.57 Å². The first-order valence-corrected chi connectivity index (χ1v) is 6.56. The third kappa shape index (κ3) is 2.15. The van der Waals surface area contributed by atoms with E-state index < -0.39 is 0 Å². The number of hydrogen-bond donors (Lipinski definition) is 2. The molecule has 1 unspecified atom stereocenters. The molecule has 1 atom stereocenters. The van der Waals surface area contributed by atoms with Crippen LogP contribution in [0.3, 0.4) is 0 Å². The summed E-state index contributed by atoms with van der Waals surface area (Å²) in [5, 5.41) is 10.1. The first kappa shape index (κ1) is 12.0. The molecule has 2 nitrogen and oxygen atoms in total. The van der Waals surface area contributed by atoms with Crippen molar-refractivity contribution in [1.82, 2.24) is 0 Å². The Balaban J connectivity index is 2.08. The zero-order valence-corrected chi connectivity index (χ0v) is 10.7. The van der Waals surface area contributed by atoms with Gasteiger partial charge in [0.05, 0.1) is 0 Å². The van der Waals surface area contributed by atoms with Crippen molar-refractivity contribution >= 4 is 5.57 Å². The minimum absolute atomic E-state index is 0.292. The lowest BCUT2D eigenvalue weighted by atomic mass is 9.81. The molecule has 0 saturated carbocycles. The summed E-state index contributed by atoms with van der Waals surface area (Å²) in [6.45, 7) is 0.500. The van der Waals surface area contributed by atoms with E-state index in [2.05, 4.69) is 18.2 Å². The number of phenolic OH excluding ortho intramolecular Hbond substituents is 1. The molecule has 0 aromatic heterocycles. The quantitative estimate of drug-likeness (QED) is 0.861. The molecule has 0 radical (unpaired) electrons. The van der Waals surface area contributed by atoms with Crippen molar-refractivity contribution < 1.29 is 5.11 Å². The lowest BCUT2D eigenvalue weighted by molar-refractivity contribution is 0.466. The molecule has 0 saturated heterocycles. The molecule has 19 heavy (non-hydrogen) atoms. The summed E-state index contributed by atoms with van der Waals surface area (Å²) in [5.41, 5.74) is 10.3. The smallest absolute Gasteiger partial charge is 0.119 e. The topological polar surface area (TPSA) is 46.2 Å². The average molecular weight is 251 g/mol. The first-order valence-electron chi connectivity index (χ1n) is 6.56. The molecule has 0 amide bonds. The van der Waals surface area contributed by atoms with Crippen molar-refractivity contribution in [3.63, 3.8) is 0 Å². The lowest BCUT2D eigenvalue weighted by Crippen LogP contribution is -2.14. The monoisotopic (exact) mass is 251 g/mol. The molecule has 96 valence electrons. The lowest BCUT2D eigenvalue weighted by Gasteiger charge is -2.24. The Hall–Kier alpha value is -2.06. The Kier molecular flexibility index (Phi) is 3.10. The first-order chi connectivity index (χ1) is 9.29. The van der Waals surface area contributed by atoms with Gasteiger partial charge in [0.1, 0.15) is 5.75 Å². The van der Waals surface area contributed by atoms with Gasteiger partial charge >= 0.3 is 0 Å². The third-order valence-corrected chi connectivity index (χ3v) is 3.77. The summed E-state index contributed by atoms with van der Waals surface area (Å²) < 4.78 is 0. The fourth-order valence-electron chi connectivity index (χ4n) is 2.79. The fourth-order valence-corrected chi connectivity index (χ4v) is 2.79. The molecule has 3 rings (SSSR count). The van der Waals surface area contributed by atoms with Crippen LogP contribution in [-0.2, 0) is 6.42 Å². The van der Waals surface area contributed by atoms with Crippen molar-refractivity contribution in [1.29, 1.82) is 0 Å². The second-order valence-corrected chi connectivity index (χ2v) is 4.92. The van der Waals surface area contributed by atoms with Crippen LogP contribution in [0, 0.1) is 0 Å². The molecule has 3 N–H and O–H groups in total. The molecule has 2 aromatic rings. The maximum atomic E-state index is 10.1. The molecule has 1 aliphatic carbocycles. The van der Waals surface area contributed by atoms with Gasteiger partial charge in [0, 0.05) is 18.0 Å². The second-order valence-electron chi connectivity index (χ2n) is 4.92. The molecule has 0 aliphatic heterocycles. The minimum atomic E-state index is 0.292. The summed E-state index contributed by atoms with van der Waals surface area (Å²) in [6.07, 6.45) is 3.06. The average Bonchev–Trinajstić information content (AvgIpc) is 2.48. The van der Waals surface area contributed by atoms with Crippen LogP contribution in [-0.4, -0.2) is 11.7 Å². The molecule has 0 spiro atoms. The highest BCUT2D eigenvalue weighted by Gasteiger charge is 2.22. The van der Waals surface area contributed by atoms with E-state index in [1.54, 1.807) is 6.07 Å². The molecule has 0 fully saturated rings. The molecule has 2 aromatic carbocycles. The van der Waals surface area contributed by atoms with Crippen molar-refractivity contribution in [2.45, 2.75) is 12.3 Å². The Labute approximate surface area is 113 Å². The normalized spacial score (nSPS) is 17.7. The van der Waals surface area contributed by atoms with Gasteiger partial charge < -0.3 is 10.8 Å². The summed E-state index contributed by atoms with van der Waals surface area (Å²) in [7, 11) is 0. The Morgan fingerprint density at radius 3 is 2.58 bits per heavy atom. The number of fused-ring (bicyclic) bond motifs is 1. The molecule has 1 aliphatic rings. The van der Waals surface area contributed by atoms with Gasteiger partial charge in [-0.05, 0) is 29.2 Å². The zero-order valence-electron chi connectivity index (χ0n) is 10.7. The maximum Gasteiger partial charge on any atom is 0.119 e. The molecular weight excluding hydrogens is 234 g/mol. The summed E-state index contributed by atoms with van der Waals surface area (Å²) >= 11 is 0. The van der Waals surface area contributed by atoms with Crippen LogP contribution < -0.4 is 5.73 Å². The third-order valence-electron chi connectivity index (χ3n) is 3.77. The van der Waals surface area contributed by atoms with Gasteiger partial charge in [-0.25, -0.2) is 0 Å². The van der Waals surface area contributed by atoms with E-state index in [0.29, 0.717) is 18.2 Å². The van der Waals surface area contributed by atoms with Crippen molar-refractivity contribution in [3.8, 4) is 5.75 Å². The summed E-state index contributed by atoms with van der Waals surface area (Å²) in [5.74, 6) is 0.665. The Bertz CT molecular complexity index is 616. The van der Waals surface area contributed by atoms with Gasteiger partial charge in [0.15, 0.2) is 0 Å². The molecular formula is C17H17NO. The molecule has 2 heteroatoms. The molecule has 0 heterocycles. The highest BCUT2D eigenvalue weighted by Crippen LogP contribution is 2.37. The van der Waals surface area contributed by atoms with Gasteiger partial charge in [0.25, 0.3) is 0 Å². The van der Waals surface area contributed by atoms with Crippen LogP contribution in [0.15, 0.2) is 54.6 Å². The van der Waals surface area contributed by atoms with E-state index in [-0.39, 0.29) is 0 Å². The number of rotatable bonds is 2. The van der Waals surface area contributed by atoms with Crippen molar-refractivity contribution in [2.75, 3.05) is 6.54 Å². The predicted molar refractivity (Wildman–Crippen MR) is 78.0 cm³/mol. The van der Waals surface area contributed by atoms with Gasteiger partial charge in [-0.15, -0.1) is 0 Å². The van der Waals surface area contributed by atoms with Gasteiger partial charge in [0.2, 0.25) is 0 Å². The van der Waals surface area contributed by atoms with Crippen molar-refractivity contribution in [2.24, 2.45) is 5.73 Å². The number of benzene rings is 2. The Morgan fingerprint density at radius 1 is 1.05 bits per heavy atom. The standard InChI is InChI=1S/C17H17NO/c18-11-14-9-13(12-5-2-1-3-6-12)10-16-15(14)7-4-8-17(16)19/h1-9,13,19H,10-11,18H2. The van der Waals surface area contributed by atoms with Crippen LogP contribution >= 0.6 is 0 Å². The maximum absolute atomic E-state index is 10.1. The van der Waals surface area contributed by atoms with Crippen LogP contribution in [0.4, 0.5) is 0 Å². The summed E-state index contributed by atoms with van der Waals surface area (Å²) in [6, 6.07) is 16.0. The second kappa shape index (κ2) is 4.90. The predicted octanol–water partition coefficient (Wildman–Crippen LogP) is 3.07. The highest BCUT2D eigenvalue weighted by molar-refractivity contribution is 5.74. The van der Waals surface area contributed by atoms with E-state index in [0.717, 1.165) is 23.1 Å². The Morgan fingerprint density at radius 2 is 1.84 bits per heavy atom. The van der Waals surface area contributed by atoms with Gasteiger partial charge in [-0.1, -0.05) is 48.5 Å². The van der Waals surface area contributed by atoms with Gasteiger partial charge in [-0.2, -0.15) is 0 Å². The number of aromatic hydroxyl groups is 1. The van der Waals surface area contributed by atoms with E-state index in [1.807, 2.05) is 30.3 Å². The zero-order chi connectivity index (χ0) is 13.2. The SMILES string of the molecule is NCC1=CC(c2ccccc2)Cc2c(O)cccc21. The fraction of sp³-hybridized carbons (Fsp3) is 0.176. The van der Waals surface area contributed by atoms with Gasteiger partial charge in [-0.3, -0.25) is 0 Å². The van der Waals surface area contributed by atoms with E-state index in [4.69, 9.17) is 5.73 Å². The van der Waals surface area contributed by atoms with Crippen LogP contribution in [0.5, 0.6) is 5.75 Å². The van der Waals surface area contributed by atoms with Crippen molar-refractivity contribution in [3.05, 3.63) is 71.3 Å². The number of nitrogens with two attached hydrogens (primary N) is 1. The van der Waals surface area contributed by atoms with E-state index in [1.165, 1.54) is 5.56 Å². The minimum Gasteiger partial charge on any atom is -0.508 e. The molecule has 0 bridgehead atoms. The largest absolute Gasteiger partial charge is 0.508 e. The van der Waals surface area contributed by atoms with E-state index >= 15 is 0 Å². The number of hydrogen-bond acceptors (Lipinski definition) is 2. The summed E-state index contributed by atoms with van der Waals surface area (Å²) in [4.78, 5) is 0. The number of phenols is 1. The highest BCUT2D eigenvalue weighted by atomic mass is 16.3. The van der Waals surface area contributed by atoms with E-state index in [9.17, 15) is 5.11 Å².